The maximum Gasteiger partial charge on any atom is 0.320 e. The Balaban J connectivity index is 1.33. The van der Waals surface area contributed by atoms with Gasteiger partial charge in [-0.15, -0.1) is 0 Å². The summed E-state index contributed by atoms with van der Waals surface area (Å²) < 4.78 is 22.8. The predicted octanol–water partition coefficient (Wildman–Crippen LogP) is 5.76. The quantitative estimate of drug-likeness (QED) is 0.372. The van der Waals surface area contributed by atoms with Crippen LogP contribution in [0.5, 0.6) is 5.88 Å². The highest BCUT2D eigenvalue weighted by Crippen LogP contribution is 2.33. The minimum Gasteiger partial charge on any atom is -0.588 e. The highest BCUT2D eigenvalue weighted by atomic mass is 32.2. The lowest BCUT2D eigenvalue weighted by atomic mass is 9.82. The van der Waals surface area contributed by atoms with Crippen LogP contribution < -0.4 is 9.46 Å². The lowest BCUT2D eigenvalue weighted by molar-refractivity contribution is 0.0721. The monoisotopic (exact) mass is 573 g/mol. The number of carbonyl (C=O) groups excluding carboxylic acids is 1. The molecule has 2 amide bonds. The maximum absolute atomic E-state index is 13.4. The number of fused-ring (bicyclic) bond motifs is 5. The first kappa shape index (κ1) is 27.8. The van der Waals surface area contributed by atoms with E-state index in [2.05, 4.69) is 41.8 Å². The first-order valence-corrected chi connectivity index (χ1v) is 16.0. The molecule has 41 heavy (non-hydrogen) atoms. The van der Waals surface area contributed by atoms with E-state index in [1.807, 2.05) is 40.1 Å². The summed E-state index contributed by atoms with van der Waals surface area (Å²) in [6, 6.07) is 16.2. The summed E-state index contributed by atoms with van der Waals surface area (Å²) >= 11 is -1.52. The molecule has 1 N–H and O–H groups in total. The van der Waals surface area contributed by atoms with Crippen LogP contribution in [0.1, 0.15) is 48.8 Å². The molecule has 2 aromatic carbocycles. The van der Waals surface area contributed by atoms with Crippen molar-refractivity contribution in [3.63, 3.8) is 0 Å². The molecule has 0 aliphatic carbocycles. The van der Waals surface area contributed by atoms with Crippen molar-refractivity contribution in [1.29, 1.82) is 0 Å². The van der Waals surface area contributed by atoms with Crippen molar-refractivity contribution in [2.24, 2.45) is 11.8 Å². The molecule has 3 aromatic rings. The number of hydrogen-bond acceptors (Lipinski definition) is 6. The van der Waals surface area contributed by atoms with Gasteiger partial charge >= 0.3 is 6.03 Å². The summed E-state index contributed by atoms with van der Waals surface area (Å²) in [6.07, 6.45) is 6.22. The van der Waals surface area contributed by atoms with E-state index < -0.39 is 11.4 Å². The van der Waals surface area contributed by atoms with Crippen LogP contribution in [0.4, 0.5) is 10.7 Å². The van der Waals surface area contributed by atoms with Crippen molar-refractivity contribution >= 4 is 23.3 Å². The zero-order valence-corrected chi connectivity index (χ0v) is 24.8. The van der Waals surface area contributed by atoms with Crippen molar-refractivity contribution < 1.29 is 14.1 Å². The number of benzene rings is 2. The van der Waals surface area contributed by atoms with Gasteiger partial charge in [-0.1, -0.05) is 30.3 Å². The lowest BCUT2D eigenvalue weighted by Gasteiger charge is -2.41. The molecule has 8 nitrogen and oxygen atoms in total. The number of aromatic nitrogens is 2. The van der Waals surface area contributed by atoms with Crippen molar-refractivity contribution in [3.05, 3.63) is 65.2 Å². The summed E-state index contributed by atoms with van der Waals surface area (Å²) in [6.45, 7) is 7.76. The number of anilines is 1. The molecule has 0 radical (unpaired) electrons. The van der Waals surface area contributed by atoms with Crippen molar-refractivity contribution in [2.75, 3.05) is 37.5 Å². The van der Waals surface area contributed by atoms with Crippen LogP contribution in [-0.2, 0) is 17.8 Å². The molecule has 4 heterocycles. The predicted molar refractivity (Wildman–Crippen MR) is 161 cm³/mol. The Labute approximate surface area is 245 Å². The molecule has 216 valence electrons. The van der Waals surface area contributed by atoms with E-state index in [9.17, 15) is 9.35 Å². The van der Waals surface area contributed by atoms with Crippen LogP contribution in [0, 0.1) is 25.7 Å². The molecule has 6 rings (SSSR count). The SMILES string of the molecule is Cc1cccc(C)c1-c1cc2nc(n1)N[S+]([O-])c1cccc(c1)CCC1CCN(C(=O)N3CCCCC3)C[C@@H]1CO2. The minimum atomic E-state index is -1.52. The van der Waals surface area contributed by atoms with Gasteiger partial charge in [0, 0.05) is 43.7 Å². The van der Waals surface area contributed by atoms with Gasteiger partial charge in [-0.2, -0.15) is 9.71 Å². The van der Waals surface area contributed by atoms with E-state index in [0.717, 1.165) is 79.7 Å². The summed E-state index contributed by atoms with van der Waals surface area (Å²) in [5.41, 5.74) is 5.11. The normalized spacial score (nSPS) is 23.0. The standard InChI is InChI=1S/C32H39N5O3S/c1-22-8-6-9-23(2)30(22)28-19-29-34-31(33-28)35-41(39)27-11-7-10-24(18-27)12-13-25-14-17-37(20-26(25)21-40-29)32(38)36-15-4-3-5-16-36/h6-11,18-19,25-26H,3-5,12-17,20-21H2,1-2H3,(H,33,34,35)/t25?,26-,41?/m1/s1. The lowest BCUT2D eigenvalue weighted by Crippen LogP contribution is -2.51. The maximum atomic E-state index is 13.4. The third-order valence-corrected chi connectivity index (χ3v) is 9.82. The zero-order chi connectivity index (χ0) is 28.3. The molecule has 9 heteroatoms. The van der Waals surface area contributed by atoms with Crippen LogP contribution in [0.2, 0.25) is 0 Å². The number of nitrogens with one attached hydrogen (secondary N) is 1. The highest BCUT2D eigenvalue weighted by Gasteiger charge is 2.34. The number of ether oxygens (including phenoxy) is 1. The van der Waals surface area contributed by atoms with E-state index in [0.29, 0.717) is 29.8 Å². The fourth-order valence-electron chi connectivity index (χ4n) is 6.50. The van der Waals surface area contributed by atoms with Crippen LogP contribution >= 0.6 is 0 Å². The molecule has 0 spiro atoms. The molecule has 3 atom stereocenters. The highest BCUT2D eigenvalue weighted by molar-refractivity contribution is 7.92. The number of urea groups is 1. The molecule has 0 saturated carbocycles. The van der Waals surface area contributed by atoms with E-state index in [1.54, 1.807) is 0 Å². The summed E-state index contributed by atoms with van der Waals surface area (Å²) in [7, 11) is 0. The number of likely N-dealkylation sites (tertiary alicyclic amines) is 2. The fraction of sp³-hybridized carbons (Fsp3) is 0.469. The molecule has 2 saturated heterocycles. The third kappa shape index (κ3) is 6.31. The summed E-state index contributed by atoms with van der Waals surface area (Å²) in [4.78, 5) is 27.6. The second-order valence-electron chi connectivity index (χ2n) is 11.6. The van der Waals surface area contributed by atoms with Crippen molar-refractivity contribution in [1.82, 2.24) is 19.8 Å². The van der Waals surface area contributed by atoms with Gasteiger partial charge in [0.25, 0.3) is 5.95 Å². The van der Waals surface area contributed by atoms with Gasteiger partial charge in [-0.3, -0.25) is 0 Å². The van der Waals surface area contributed by atoms with Gasteiger partial charge in [0.1, 0.15) is 11.4 Å². The van der Waals surface area contributed by atoms with Crippen LogP contribution in [0.15, 0.2) is 53.4 Å². The number of piperidine rings is 2. The van der Waals surface area contributed by atoms with Gasteiger partial charge in [-0.25, -0.2) is 9.78 Å². The van der Waals surface area contributed by atoms with E-state index in [1.165, 1.54) is 6.42 Å². The number of aryl methyl sites for hydroxylation is 3. The zero-order valence-electron chi connectivity index (χ0n) is 24.0. The average Bonchev–Trinajstić information content (AvgIpc) is 2.99. The first-order chi connectivity index (χ1) is 19.9. The third-order valence-electron chi connectivity index (χ3n) is 8.77. The van der Waals surface area contributed by atoms with Crippen LogP contribution in [0.25, 0.3) is 11.3 Å². The molecular formula is C32H39N5O3S. The molecule has 3 aliphatic rings. The van der Waals surface area contributed by atoms with E-state index in [-0.39, 0.29) is 17.9 Å². The molecule has 2 fully saturated rings. The van der Waals surface area contributed by atoms with Crippen LogP contribution in [-0.4, -0.2) is 63.1 Å². The number of carbonyl (C=O) groups is 1. The second-order valence-corrected chi connectivity index (χ2v) is 12.8. The average molecular weight is 574 g/mol. The van der Waals surface area contributed by atoms with E-state index >= 15 is 0 Å². The van der Waals surface area contributed by atoms with Crippen molar-refractivity contribution in [3.8, 4) is 17.1 Å². The Hall–Kier alpha value is -3.30. The Kier molecular flexibility index (Phi) is 8.35. The smallest absolute Gasteiger partial charge is 0.320 e. The number of hydrogen-bond donors (Lipinski definition) is 1. The van der Waals surface area contributed by atoms with Gasteiger partial charge in [-0.05, 0) is 87.1 Å². The summed E-state index contributed by atoms with van der Waals surface area (Å²) in [5, 5.41) is 0. The minimum absolute atomic E-state index is 0.170. The van der Waals surface area contributed by atoms with Gasteiger partial charge in [0.05, 0.1) is 12.3 Å². The second kappa shape index (κ2) is 12.3. The Morgan fingerprint density at radius 3 is 2.54 bits per heavy atom. The Morgan fingerprint density at radius 2 is 1.73 bits per heavy atom. The van der Waals surface area contributed by atoms with Gasteiger partial charge in [0.15, 0.2) is 4.90 Å². The fourth-order valence-corrected chi connectivity index (χ4v) is 7.34. The van der Waals surface area contributed by atoms with Crippen molar-refractivity contribution in [2.45, 2.75) is 57.3 Å². The van der Waals surface area contributed by atoms with Gasteiger partial charge < -0.3 is 19.1 Å². The van der Waals surface area contributed by atoms with Gasteiger partial charge in [0.2, 0.25) is 5.88 Å². The molecule has 3 aliphatic heterocycles. The molecule has 4 bridgehead atoms. The topological polar surface area (TPSA) is 93.7 Å². The molecule has 2 unspecified atom stereocenters. The largest absolute Gasteiger partial charge is 0.588 e. The Morgan fingerprint density at radius 1 is 0.951 bits per heavy atom. The Bertz CT molecular complexity index is 1380. The first-order valence-electron chi connectivity index (χ1n) is 14.8. The molecular weight excluding hydrogens is 534 g/mol. The summed E-state index contributed by atoms with van der Waals surface area (Å²) in [5.74, 6) is 1.31. The number of rotatable bonds is 1. The van der Waals surface area contributed by atoms with Crippen LogP contribution in [0.3, 0.4) is 0 Å². The molecule has 1 aromatic heterocycles. The van der Waals surface area contributed by atoms with E-state index in [4.69, 9.17) is 9.72 Å². The number of amides is 2. The number of nitrogens with zero attached hydrogens (tertiary/aromatic N) is 4.